The van der Waals surface area contributed by atoms with Gasteiger partial charge in [0, 0.05) is 53.5 Å². The normalized spacial score (nSPS) is 17.9. The molecule has 3 rings (SSSR count). The Balaban J connectivity index is 1.77. The second kappa shape index (κ2) is 25.7. The van der Waals surface area contributed by atoms with Crippen LogP contribution in [0.1, 0.15) is 85.3 Å². The molecule has 0 saturated carbocycles. The molecule has 63 heavy (non-hydrogen) atoms. The molecular weight excluding hydrogens is 801 g/mol. The molecule has 352 valence electrons. The summed E-state index contributed by atoms with van der Waals surface area (Å²) in [6.07, 6.45) is 1.77. The van der Waals surface area contributed by atoms with Crippen molar-refractivity contribution < 1.29 is 38.2 Å². The van der Waals surface area contributed by atoms with E-state index < -0.39 is 54.3 Å². The van der Waals surface area contributed by atoms with E-state index >= 15 is 0 Å². The zero-order chi connectivity index (χ0) is 47.0. The highest BCUT2D eigenvalue weighted by Crippen LogP contribution is 2.30. The maximum atomic E-state index is 14.6. The number of anilines is 1. The fraction of sp³-hybridized carbons (Fsp3) is 0.653. The Labute approximate surface area is 377 Å². The summed E-state index contributed by atoms with van der Waals surface area (Å²) in [7, 11) is 9.96. The molecule has 14 nitrogen and oxygen atoms in total. The number of carbonyl (C=O) groups excluding carboxylic acids is 5. The van der Waals surface area contributed by atoms with Gasteiger partial charge in [0.05, 0.1) is 49.8 Å². The molecule has 0 aliphatic carbocycles. The Hall–Kier alpha value is -4.53. The van der Waals surface area contributed by atoms with Crippen LogP contribution in [0, 0.1) is 23.7 Å². The van der Waals surface area contributed by atoms with E-state index in [0.717, 1.165) is 24.1 Å². The van der Waals surface area contributed by atoms with E-state index in [1.807, 2.05) is 98.1 Å². The van der Waals surface area contributed by atoms with Crippen LogP contribution < -0.4 is 16.0 Å². The molecule has 0 aromatic heterocycles. The van der Waals surface area contributed by atoms with Gasteiger partial charge in [0.25, 0.3) is 0 Å². The monoisotopic (exact) mass is 879 g/mol. The number of benzene rings is 2. The lowest BCUT2D eigenvalue weighted by atomic mass is 9.89. The molecule has 9 atom stereocenters. The van der Waals surface area contributed by atoms with Gasteiger partial charge in [-0.1, -0.05) is 97.4 Å². The number of nitrogens with one attached hydrogen (secondary N) is 3. The number of amides is 4. The van der Waals surface area contributed by atoms with E-state index in [-0.39, 0.29) is 54.2 Å². The zero-order valence-corrected chi connectivity index (χ0v) is 40.3. The first-order valence-corrected chi connectivity index (χ1v) is 22.7. The molecule has 1 heterocycles. The smallest absolute Gasteiger partial charge is 0.328 e. The van der Waals surface area contributed by atoms with Crippen molar-refractivity contribution in [3.8, 4) is 0 Å². The predicted molar refractivity (Wildman–Crippen MR) is 248 cm³/mol. The summed E-state index contributed by atoms with van der Waals surface area (Å²) in [5.41, 5.74) is 3.08. The van der Waals surface area contributed by atoms with Crippen LogP contribution in [0.15, 0.2) is 54.6 Å². The van der Waals surface area contributed by atoms with Crippen LogP contribution in [0.3, 0.4) is 0 Å². The molecule has 1 aliphatic rings. The zero-order valence-electron chi connectivity index (χ0n) is 40.3. The summed E-state index contributed by atoms with van der Waals surface area (Å²) in [6.45, 7) is 14.9. The van der Waals surface area contributed by atoms with Crippen molar-refractivity contribution >= 4 is 35.3 Å². The number of carbonyl (C=O) groups is 5. The van der Waals surface area contributed by atoms with Gasteiger partial charge in [-0.25, -0.2) is 4.79 Å². The van der Waals surface area contributed by atoms with Crippen molar-refractivity contribution in [2.45, 2.75) is 129 Å². The molecule has 1 saturated heterocycles. The third kappa shape index (κ3) is 14.5. The second-order valence-electron chi connectivity index (χ2n) is 18.0. The highest BCUT2D eigenvalue weighted by Gasteiger charge is 2.43. The SMILES string of the molecule is CCC(C)C(C(CC(=O)N1CCCC1C(OC)C(C)C(=O)NC(Cc1ccccc1)C(=O)OC)OC)N(C)C(=O)C(NC(=O)C(C(C)C)N(C)CCc1ccc(NC)cc1)C(C)C. The minimum Gasteiger partial charge on any atom is -0.467 e. The minimum absolute atomic E-state index is 0.00522. The van der Waals surface area contributed by atoms with E-state index in [9.17, 15) is 24.0 Å². The highest BCUT2D eigenvalue weighted by molar-refractivity contribution is 5.90. The second-order valence-corrected chi connectivity index (χ2v) is 18.0. The molecule has 4 amide bonds. The van der Waals surface area contributed by atoms with Crippen LogP contribution in [0.4, 0.5) is 5.69 Å². The van der Waals surface area contributed by atoms with E-state index in [4.69, 9.17) is 14.2 Å². The average Bonchev–Trinajstić information content (AvgIpc) is 3.76. The van der Waals surface area contributed by atoms with Crippen LogP contribution in [-0.4, -0.2) is 142 Å². The van der Waals surface area contributed by atoms with Crippen molar-refractivity contribution in [1.82, 2.24) is 25.3 Å². The van der Waals surface area contributed by atoms with E-state index in [0.29, 0.717) is 25.9 Å². The van der Waals surface area contributed by atoms with Gasteiger partial charge in [0.2, 0.25) is 23.6 Å². The van der Waals surface area contributed by atoms with Crippen LogP contribution >= 0.6 is 0 Å². The molecule has 0 spiro atoms. The lowest BCUT2D eigenvalue weighted by Crippen LogP contribution is -2.60. The average molecular weight is 879 g/mol. The quantitative estimate of drug-likeness (QED) is 0.114. The fourth-order valence-electron chi connectivity index (χ4n) is 9.06. The van der Waals surface area contributed by atoms with Crippen molar-refractivity contribution in [2.24, 2.45) is 23.7 Å². The van der Waals surface area contributed by atoms with Gasteiger partial charge in [-0.15, -0.1) is 0 Å². The summed E-state index contributed by atoms with van der Waals surface area (Å²) >= 11 is 0. The number of likely N-dealkylation sites (tertiary alicyclic amines) is 1. The van der Waals surface area contributed by atoms with Crippen LogP contribution in [0.25, 0.3) is 0 Å². The summed E-state index contributed by atoms with van der Waals surface area (Å²) in [6, 6.07) is 14.6. The molecule has 1 aliphatic heterocycles. The molecule has 1 fully saturated rings. The summed E-state index contributed by atoms with van der Waals surface area (Å²) in [5, 5.41) is 9.15. The number of esters is 1. The standard InChI is InChI=1S/C49H78N6O8/c1-14-33(6)44(54(10)48(59)42(31(2)3)52-47(58)43(32(4)5)53(9)28-26-35-22-24-37(50-8)25-23-35)40(61-11)30-41(56)55-27-18-21-39(55)45(62-12)34(7)46(57)51-38(49(60)63-13)29-36-19-16-15-17-20-36/h15-17,19-20,22-25,31-34,38-40,42-45,50H,14,18,21,26-30H2,1-13H3,(H,51,57)(H,52,58). The van der Waals surface area contributed by atoms with Gasteiger partial charge in [-0.3, -0.25) is 24.1 Å². The molecule has 2 aromatic rings. The topological polar surface area (TPSA) is 159 Å². The molecule has 14 heteroatoms. The van der Waals surface area contributed by atoms with Crippen LogP contribution in [0.5, 0.6) is 0 Å². The number of hydrogen-bond donors (Lipinski definition) is 3. The third-order valence-corrected chi connectivity index (χ3v) is 12.9. The van der Waals surface area contributed by atoms with Gasteiger partial charge in [0.15, 0.2) is 0 Å². The molecule has 0 bridgehead atoms. The summed E-state index contributed by atoms with van der Waals surface area (Å²) in [4.78, 5) is 75.1. The Morgan fingerprint density at radius 2 is 1.48 bits per heavy atom. The molecular formula is C49H78N6O8. The highest BCUT2D eigenvalue weighted by atomic mass is 16.5. The molecule has 9 unspecified atom stereocenters. The number of ether oxygens (including phenoxy) is 3. The number of likely N-dealkylation sites (N-methyl/N-ethyl adjacent to an activating group) is 2. The number of methoxy groups -OCH3 is 3. The Morgan fingerprint density at radius 3 is 2.02 bits per heavy atom. The maximum Gasteiger partial charge on any atom is 0.328 e. The van der Waals surface area contributed by atoms with Crippen molar-refractivity contribution in [3.63, 3.8) is 0 Å². The van der Waals surface area contributed by atoms with Crippen molar-refractivity contribution in [1.29, 1.82) is 0 Å². The third-order valence-electron chi connectivity index (χ3n) is 12.9. The minimum atomic E-state index is -0.898. The van der Waals surface area contributed by atoms with Gasteiger partial charge in [0.1, 0.15) is 12.1 Å². The Kier molecular flexibility index (Phi) is 21.5. The first kappa shape index (κ1) is 52.8. The van der Waals surface area contributed by atoms with Gasteiger partial charge in [-0.05, 0) is 67.3 Å². The van der Waals surface area contributed by atoms with Crippen LogP contribution in [0.2, 0.25) is 0 Å². The van der Waals surface area contributed by atoms with Gasteiger partial charge in [-0.2, -0.15) is 0 Å². The predicted octanol–water partition coefficient (Wildman–Crippen LogP) is 5.19. The molecule has 2 aromatic carbocycles. The molecule has 0 radical (unpaired) electrons. The van der Waals surface area contributed by atoms with Gasteiger partial charge >= 0.3 is 5.97 Å². The van der Waals surface area contributed by atoms with Crippen molar-refractivity contribution in [3.05, 3.63) is 65.7 Å². The molecule has 3 N–H and O–H groups in total. The Bertz CT molecular complexity index is 1740. The first-order chi connectivity index (χ1) is 29.9. The Morgan fingerprint density at radius 1 is 0.825 bits per heavy atom. The number of nitrogens with zero attached hydrogens (tertiary/aromatic N) is 3. The van der Waals surface area contributed by atoms with E-state index in [1.165, 1.54) is 19.8 Å². The van der Waals surface area contributed by atoms with Crippen molar-refractivity contribution in [2.75, 3.05) is 60.9 Å². The number of hydrogen-bond acceptors (Lipinski definition) is 10. The van der Waals surface area contributed by atoms with E-state index in [2.05, 4.69) is 33.0 Å². The lowest BCUT2D eigenvalue weighted by molar-refractivity contribution is -0.149. The summed E-state index contributed by atoms with van der Waals surface area (Å²) in [5.74, 6) is -2.55. The number of rotatable bonds is 25. The van der Waals surface area contributed by atoms with Gasteiger partial charge < -0.3 is 40.0 Å². The fourth-order valence-corrected chi connectivity index (χ4v) is 9.06. The van der Waals surface area contributed by atoms with Crippen LogP contribution in [-0.2, 0) is 51.0 Å². The maximum absolute atomic E-state index is 14.6. The first-order valence-electron chi connectivity index (χ1n) is 22.7. The lowest BCUT2D eigenvalue weighted by Gasteiger charge is -2.41. The summed E-state index contributed by atoms with van der Waals surface area (Å²) < 4.78 is 17.1. The van der Waals surface area contributed by atoms with E-state index in [1.54, 1.807) is 30.9 Å². The largest absolute Gasteiger partial charge is 0.467 e.